The molecule has 0 fully saturated rings. The van der Waals surface area contributed by atoms with Crippen LogP contribution in [-0.2, 0) is 13.5 Å². The van der Waals surface area contributed by atoms with Crippen LogP contribution in [0.15, 0.2) is 29.8 Å². The fraction of sp³-hybridized carbons (Fsp3) is 0.214. The zero-order valence-electron chi connectivity index (χ0n) is 10.8. The number of aryl methyl sites for hydroxylation is 2. The largest absolute Gasteiger partial charge is 0.293 e. The Balaban J connectivity index is 1.98. The molecule has 2 aromatic heterocycles. The van der Waals surface area contributed by atoms with E-state index >= 15 is 0 Å². The maximum atomic E-state index is 12.3. The number of rotatable bonds is 3. The van der Waals surface area contributed by atoms with Gasteiger partial charge in [0.2, 0.25) is 0 Å². The number of ketones is 1. The molecule has 4 nitrogen and oxygen atoms in total. The highest BCUT2D eigenvalue weighted by atomic mass is 32.1. The van der Waals surface area contributed by atoms with Gasteiger partial charge in [-0.25, -0.2) is 4.98 Å². The van der Waals surface area contributed by atoms with Crippen molar-refractivity contribution < 1.29 is 4.79 Å². The van der Waals surface area contributed by atoms with Crippen molar-refractivity contribution in [1.29, 1.82) is 0 Å². The van der Waals surface area contributed by atoms with Gasteiger partial charge in [0.05, 0.1) is 33.7 Å². The lowest BCUT2D eigenvalue weighted by atomic mass is 10.1. The van der Waals surface area contributed by atoms with E-state index in [1.54, 1.807) is 5.51 Å². The Morgan fingerprint density at radius 2 is 2.16 bits per heavy atom. The minimum absolute atomic E-state index is 0.0869. The molecule has 0 N–H and O–H groups in total. The number of carbonyl (C=O) groups is 1. The quantitative estimate of drug-likeness (QED) is 0.688. The first-order valence-electron chi connectivity index (χ1n) is 6.00. The molecule has 3 rings (SSSR count). The number of fused-ring (bicyclic) bond motifs is 1. The van der Waals surface area contributed by atoms with Crippen LogP contribution in [0.3, 0.4) is 0 Å². The molecule has 0 unspecified atom stereocenters. The fourth-order valence-corrected chi connectivity index (χ4v) is 2.96. The molecule has 0 aliphatic rings. The second-order valence-corrected chi connectivity index (χ2v) is 5.31. The third-order valence-corrected chi connectivity index (χ3v) is 4.13. The topological polar surface area (TPSA) is 47.8 Å². The maximum Gasteiger partial charge on any atom is 0.180 e. The van der Waals surface area contributed by atoms with Crippen LogP contribution in [0.2, 0.25) is 0 Å². The van der Waals surface area contributed by atoms with Crippen LogP contribution in [0.4, 0.5) is 0 Å². The van der Waals surface area contributed by atoms with Crippen molar-refractivity contribution in [2.24, 2.45) is 7.05 Å². The maximum absolute atomic E-state index is 12.3. The molecule has 0 radical (unpaired) electrons. The normalized spacial score (nSPS) is 11.1. The van der Waals surface area contributed by atoms with Crippen LogP contribution in [-0.4, -0.2) is 20.5 Å². The SMILES string of the molecule is Cc1ncsc1C(=O)Cc1nn(C)c2ccccc12. The van der Waals surface area contributed by atoms with Crippen LogP contribution in [0, 0.1) is 6.92 Å². The number of hydrogen-bond acceptors (Lipinski definition) is 4. The molecule has 0 atom stereocenters. The fourth-order valence-electron chi connectivity index (χ4n) is 2.22. The summed E-state index contributed by atoms with van der Waals surface area (Å²) in [5.41, 5.74) is 4.39. The molecule has 0 saturated carbocycles. The monoisotopic (exact) mass is 271 g/mol. The molecule has 0 bridgehead atoms. The van der Waals surface area contributed by atoms with E-state index in [1.807, 2.05) is 42.9 Å². The molecule has 19 heavy (non-hydrogen) atoms. The molecule has 0 spiro atoms. The molecular formula is C14H13N3OS. The van der Waals surface area contributed by atoms with Crippen molar-refractivity contribution in [3.05, 3.63) is 46.0 Å². The lowest BCUT2D eigenvalue weighted by molar-refractivity contribution is 0.0995. The van der Waals surface area contributed by atoms with Gasteiger partial charge in [-0.05, 0) is 13.0 Å². The van der Waals surface area contributed by atoms with E-state index in [-0.39, 0.29) is 5.78 Å². The van der Waals surface area contributed by atoms with Crippen LogP contribution < -0.4 is 0 Å². The number of benzene rings is 1. The van der Waals surface area contributed by atoms with Crippen molar-refractivity contribution in [3.8, 4) is 0 Å². The van der Waals surface area contributed by atoms with E-state index in [0.717, 1.165) is 27.2 Å². The van der Waals surface area contributed by atoms with E-state index in [0.29, 0.717) is 6.42 Å². The van der Waals surface area contributed by atoms with E-state index in [2.05, 4.69) is 10.1 Å². The summed E-state index contributed by atoms with van der Waals surface area (Å²) in [6, 6.07) is 7.96. The summed E-state index contributed by atoms with van der Waals surface area (Å²) in [6.45, 7) is 1.86. The first-order valence-corrected chi connectivity index (χ1v) is 6.88. The Bertz CT molecular complexity index is 757. The highest BCUT2D eigenvalue weighted by molar-refractivity contribution is 7.11. The van der Waals surface area contributed by atoms with Gasteiger partial charge >= 0.3 is 0 Å². The van der Waals surface area contributed by atoms with Crippen molar-refractivity contribution in [2.75, 3.05) is 0 Å². The Kier molecular flexibility index (Phi) is 2.91. The summed E-state index contributed by atoms with van der Waals surface area (Å²) >= 11 is 1.39. The van der Waals surface area contributed by atoms with Gasteiger partial charge in [-0.3, -0.25) is 9.48 Å². The van der Waals surface area contributed by atoms with Crippen molar-refractivity contribution in [3.63, 3.8) is 0 Å². The first kappa shape index (κ1) is 12.0. The zero-order chi connectivity index (χ0) is 13.4. The van der Waals surface area contributed by atoms with Gasteiger partial charge < -0.3 is 0 Å². The standard InChI is InChI=1S/C14H13N3OS/c1-9-14(19-8-15-9)13(18)7-11-10-5-3-4-6-12(10)17(2)16-11/h3-6,8H,7H2,1-2H3. The molecule has 0 saturated heterocycles. The predicted molar refractivity (Wildman–Crippen MR) is 75.6 cm³/mol. The molecule has 0 amide bonds. The summed E-state index contributed by atoms with van der Waals surface area (Å²) in [6.07, 6.45) is 0.324. The number of carbonyl (C=O) groups excluding carboxylic acids is 1. The lowest BCUT2D eigenvalue weighted by Gasteiger charge is -1.97. The van der Waals surface area contributed by atoms with Crippen molar-refractivity contribution in [2.45, 2.75) is 13.3 Å². The van der Waals surface area contributed by atoms with Crippen molar-refractivity contribution >= 4 is 28.0 Å². The molecule has 0 aliphatic carbocycles. The third-order valence-electron chi connectivity index (χ3n) is 3.16. The molecule has 96 valence electrons. The molecule has 0 aliphatic heterocycles. The van der Waals surface area contributed by atoms with Crippen LogP contribution >= 0.6 is 11.3 Å². The Labute approximate surface area is 114 Å². The summed E-state index contributed by atoms with van der Waals surface area (Å²) in [7, 11) is 1.90. The van der Waals surface area contributed by atoms with E-state index < -0.39 is 0 Å². The van der Waals surface area contributed by atoms with Gasteiger partial charge in [-0.15, -0.1) is 11.3 Å². The Morgan fingerprint density at radius 1 is 1.37 bits per heavy atom. The Hall–Kier alpha value is -2.01. The average Bonchev–Trinajstić information content (AvgIpc) is 2.95. The van der Waals surface area contributed by atoms with E-state index in [4.69, 9.17) is 0 Å². The van der Waals surface area contributed by atoms with E-state index in [9.17, 15) is 4.79 Å². The van der Waals surface area contributed by atoms with Crippen LogP contribution in [0.25, 0.3) is 10.9 Å². The van der Waals surface area contributed by atoms with Gasteiger partial charge in [-0.1, -0.05) is 18.2 Å². The minimum atomic E-state index is 0.0869. The van der Waals surface area contributed by atoms with Crippen molar-refractivity contribution in [1.82, 2.24) is 14.8 Å². The molecule has 5 heteroatoms. The number of aromatic nitrogens is 3. The zero-order valence-corrected chi connectivity index (χ0v) is 11.6. The minimum Gasteiger partial charge on any atom is -0.293 e. The predicted octanol–water partition coefficient (Wildman–Crippen LogP) is 2.76. The van der Waals surface area contributed by atoms with Gasteiger partial charge in [-0.2, -0.15) is 5.10 Å². The Morgan fingerprint density at radius 3 is 2.89 bits per heavy atom. The highest BCUT2D eigenvalue weighted by Gasteiger charge is 2.16. The molecular weight excluding hydrogens is 258 g/mol. The van der Waals surface area contributed by atoms with Gasteiger partial charge in [0, 0.05) is 12.4 Å². The first-order chi connectivity index (χ1) is 9.16. The summed E-state index contributed by atoms with van der Waals surface area (Å²) < 4.78 is 1.82. The third kappa shape index (κ3) is 2.06. The molecule has 1 aromatic carbocycles. The number of nitrogens with zero attached hydrogens (tertiary/aromatic N) is 3. The second kappa shape index (κ2) is 4.59. The van der Waals surface area contributed by atoms with Gasteiger partial charge in [0.15, 0.2) is 5.78 Å². The average molecular weight is 271 g/mol. The summed E-state index contributed by atoms with van der Waals surface area (Å²) in [5, 5.41) is 5.49. The number of para-hydroxylation sites is 1. The summed E-state index contributed by atoms with van der Waals surface area (Å²) in [4.78, 5) is 17.1. The summed E-state index contributed by atoms with van der Waals surface area (Å²) in [5.74, 6) is 0.0869. The number of hydrogen-bond donors (Lipinski definition) is 0. The lowest BCUT2D eigenvalue weighted by Crippen LogP contribution is -2.04. The molecule has 2 heterocycles. The van der Waals surface area contributed by atoms with Gasteiger partial charge in [0.1, 0.15) is 0 Å². The molecule has 3 aromatic rings. The van der Waals surface area contributed by atoms with Crippen LogP contribution in [0.1, 0.15) is 21.1 Å². The highest BCUT2D eigenvalue weighted by Crippen LogP contribution is 2.21. The smallest absolute Gasteiger partial charge is 0.180 e. The number of Topliss-reactive ketones (excluding diaryl/α,β-unsaturated/α-hetero) is 1. The van der Waals surface area contributed by atoms with E-state index in [1.165, 1.54) is 11.3 Å². The number of thiazole rings is 1. The van der Waals surface area contributed by atoms with Gasteiger partial charge in [0.25, 0.3) is 0 Å². The van der Waals surface area contributed by atoms with Crippen LogP contribution in [0.5, 0.6) is 0 Å². The second-order valence-electron chi connectivity index (χ2n) is 4.45.